The van der Waals surface area contributed by atoms with Crippen molar-refractivity contribution in [2.45, 2.75) is 32.6 Å². The normalized spacial score (nSPS) is 15.7. The van der Waals surface area contributed by atoms with Gasteiger partial charge in [0, 0.05) is 12.6 Å². The van der Waals surface area contributed by atoms with E-state index in [9.17, 15) is 4.79 Å². The molecule has 1 aliphatic heterocycles. The maximum Gasteiger partial charge on any atom is 0.243 e. The summed E-state index contributed by atoms with van der Waals surface area (Å²) in [6.07, 6.45) is 8.44. The lowest BCUT2D eigenvalue weighted by atomic mass is 10.1. The molecule has 4 nitrogen and oxygen atoms in total. The first-order chi connectivity index (χ1) is 11.3. The molecular formula is C19H28N2O2. The van der Waals surface area contributed by atoms with E-state index in [0.29, 0.717) is 6.61 Å². The molecule has 1 amide bonds. The second kappa shape index (κ2) is 10.1. The molecule has 4 heteroatoms. The Balaban J connectivity index is 1.63. The van der Waals surface area contributed by atoms with Crippen molar-refractivity contribution in [1.82, 2.24) is 10.2 Å². The molecule has 1 N–H and O–H groups in total. The van der Waals surface area contributed by atoms with Gasteiger partial charge in [0.25, 0.3) is 0 Å². The van der Waals surface area contributed by atoms with E-state index in [1.807, 2.05) is 37.3 Å². The number of benzene rings is 1. The molecule has 0 bridgehead atoms. The summed E-state index contributed by atoms with van der Waals surface area (Å²) in [4.78, 5) is 14.3. The molecule has 1 aromatic rings. The average Bonchev–Trinajstić information content (AvgIpc) is 2.59. The van der Waals surface area contributed by atoms with Crippen molar-refractivity contribution in [3.63, 3.8) is 0 Å². The number of rotatable bonds is 8. The molecule has 0 aliphatic carbocycles. The lowest BCUT2D eigenvalue weighted by Crippen LogP contribution is -2.33. The molecule has 1 heterocycles. The Morgan fingerprint density at radius 3 is 2.65 bits per heavy atom. The summed E-state index contributed by atoms with van der Waals surface area (Å²) in [6.45, 7) is 6.88. The van der Waals surface area contributed by atoms with Crippen LogP contribution in [0.4, 0.5) is 0 Å². The zero-order valence-corrected chi connectivity index (χ0v) is 14.1. The number of ether oxygens (including phenoxy) is 1. The molecule has 126 valence electrons. The fourth-order valence-electron chi connectivity index (χ4n) is 2.77. The van der Waals surface area contributed by atoms with Crippen LogP contribution in [-0.2, 0) is 4.79 Å². The number of carbonyl (C=O) groups is 1. The number of nitrogens with one attached hydrogen (secondary N) is 1. The molecule has 1 aromatic carbocycles. The summed E-state index contributed by atoms with van der Waals surface area (Å²) in [7, 11) is 0. The minimum absolute atomic E-state index is 0.0301. The van der Waals surface area contributed by atoms with Crippen LogP contribution in [0, 0.1) is 0 Å². The van der Waals surface area contributed by atoms with Crippen molar-refractivity contribution in [2.75, 3.05) is 32.8 Å². The van der Waals surface area contributed by atoms with E-state index in [0.717, 1.165) is 30.8 Å². The summed E-state index contributed by atoms with van der Waals surface area (Å²) < 4.78 is 5.39. The van der Waals surface area contributed by atoms with Crippen molar-refractivity contribution in [3.05, 3.63) is 35.9 Å². The van der Waals surface area contributed by atoms with Crippen LogP contribution in [0.15, 0.2) is 30.3 Å². The van der Waals surface area contributed by atoms with Gasteiger partial charge in [0.15, 0.2) is 0 Å². The van der Waals surface area contributed by atoms with Crippen molar-refractivity contribution >= 4 is 12.0 Å². The fraction of sp³-hybridized carbons (Fsp3) is 0.526. The molecule has 0 spiro atoms. The number of hydrogen-bond acceptors (Lipinski definition) is 3. The van der Waals surface area contributed by atoms with Gasteiger partial charge in [-0.25, -0.2) is 0 Å². The highest BCUT2D eigenvalue weighted by Crippen LogP contribution is 2.13. The quantitative estimate of drug-likeness (QED) is 0.592. The Bertz CT molecular complexity index is 491. The first kappa shape index (κ1) is 17.5. The van der Waals surface area contributed by atoms with Crippen LogP contribution in [0.2, 0.25) is 0 Å². The molecule has 2 rings (SSSR count). The molecule has 0 aromatic heterocycles. The zero-order valence-electron chi connectivity index (χ0n) is 14.1. The van der Waals surface area contributed by atoms with Gasteiger partial charge in [0.05, 0.1) is 6.61 Å². The van der Waals surface area contributed by atoms with Crippen LogP contribution in [0.1, 0.15) is 38.2 Å². The van der Waals surface area contributed by atoms with Crippen molar-refractivity contribution < 1.29 is 9.53 Å². The first-order valence-electron chi connectivity index (χ1n) is 8.69. The summed E-state index contributed by atoms with van der Waals surface area (Å²) >= 11 is 0. The molecular weight excluding hydrogens is 288 g/mol. The predicted octanol–water partition coefficient (Wildman–Crippen LogP) is 3.09. The Hall–Kier alpha value is -1.81. The van der Waals surface area contributed by atoms with E-state index in [4.69, 9.17) is 4.74 Å². The number of nitrogens with zero attached hydrogens (tertiary/aromatic N) is 1. The van der Waals surface area contributed by atoms with Gasteiger partial charge in [-0.1, -0.05) is 18.6 Å². The summed E-state index contributed by atoms with van der Waals surface area (Å²) in [5.41, 5.74) is 0.997. The van der Waals surface area contributed by atoms with E-state index < -0.39 is 0 Å². The van der Waals surface area contributed by atoms with Crippen molar-refractivity contribution in [1.29, 1.82) is 0 Å². The van der Waals surface area contributed by atoms with E-state index in [2.05, 4.69) is 10.2 Å². The molecule has 23 heavy (non-hydrogen) atoms. The van der Waals surface area contributed by atoms with Crippen LogP contribution in [0.3, 0.4) is 0 Å². The second-order valence-electron chi connectivity index (χ2n) is 5.88. The van der Waals surface area contributed by atoms with Gasteiger partial charge in [-0.3, -0.25) is 4.79 Å². The highest BCUT2D eigenvalue weighted by Gasteiger charge is 2.08. The standard InChI is InChI=1S/C19H28N2O2/c1-2-23-18-10-7-17(8-11-18)9-12-19(22)20-13-6-16-21-14-4-3-5-15-21/h7-12H,2-6,13-16H2,1H3,(H,20,22)/b12-9+. The second-order valence-corrected chi connectivity index (χ2v) is 5.88. The highest BCUT2D eigenvalue weighted by molar-refractivity contribution is 5.91. The van der Waals surface area contributed by atoms with Gasteiger partial charge in [0.2, 0.25) is 5.91 Å². The van der Waals surface area contributed by atoms with Crippen LogP contribution in [0.5, 0.6) is 5.75 Å². The van der Waals surface area contributed by atoms with Gasteiger partial charge in [0.1, 0.15) is 5.75 Å². The van der Waals surface area contributed by atoms with Crippen LogP contribution >= 0.6 is 0 Å². The van der Waals surface area contributed by atoms with Crippen molar-refractivity contribution in [2.24, 2.45) is 0 Å². The lowest BCUT2D eigenvalue weighted by Gasteiger charge is -2.26. The number of piperidine rings is 1. The van der Waals surface area contributed by atoms with Crippen LogP contribution in [-0.4, -0.2) is 43.6 Å². The number of amides is 1. The monoisotopic (exact) mass is 316 g/mol. The molecule has 0 saturated carbocycles. The zero-order chi connectivity index (χ0) is 16.3. The minimum atomic E-state index is -0.0301. The maximum atomic E-state index is 11.8. The molecule has 0 radical (unpaired) electrons. The summed E-state index contributed by atoms with van der Waals surface area (Å²) in [6, 6.07) is 7.73. The third-order valence-electron chi connectivity index (χ3n) is 4.02. The Morgan fingerprint density at radius 2 is 1.96 bits per heavy atom. The maximum absolute atomic E-state index is 11.8. The number of carbonyl (C=O) groups excluding carboxylic acids is 1. The lowest BCUT2D eigenvalue weighted by molar-refractivity contribution is -0.116. The molecule has 1 aliphatic rings. The van der Waals surface area contributed by atoms with E-state index in [-0.39, 0.29) is 5.91 Å². The molecule has 1 saturated heterocycles. The van der Waals surface area contributed by atoms with Gasteiger partial charge in [-0.15, -0.1) is 0 Å². The SMILES string of the molecule is CCOc1ccc(/C=C/C(=O)NCCCN2CCCCC2)cc1. The Labute approximate surface area is 139 Å². The molecule has 0 unspecified atom stereocenters. The van der Waals surface area contributed by atoms with Gasteiger partial charge < -0.3 is 15.0 Å². The summed E-state index contributed by atoms with van der Waals surface area (Å²) in [5.74, 6) is 0.823. The van der Waals surface area contributed by atoms with Crippen molar-refractivity contribution in [3.8, 4) is 5.75 Å². The smallest absolute Gasteiger partial charge is 0.243 e. The molecule has 1 fully saturated rings. The van der Waals surface area contributed by atoms with Gasteiger partial charge in [-0.2, -0.15) is 0 Å². The van der Waals surface area contributed by atoms with Gasteiger partial charge >= 0.3 is 0 Å². The fourth-order valence-corrected chi connectivity index (χ4v) is 2.77. The molecule has 0 atom stereocenters. The third-order valence-corrected chi connectivity index (χ3v) is 4.02. The Morgan fingerprint density at radius 1 is 1.22 bits per heavy atom. The van der Waals surface area contributed by atoms with E-state index in [1.165, 1.54) is 32.4 Å². The highest BCUT2D eigenvalue weighted by atomic mass is 16.5. The first-order valence-corrected chi connectivity index (χ1v) is 8.69. The topological polar surface area (TPSA) is 41.6 Å². The van der Waals surface area contributed by atoms with Crippen LogP contribution < -0.4 is 10.1 Å². The largest absolute Gasteiger partial charge is 0.494 e. The summed E-state index contributed by atoms with van der Waals surface area (Å²) in [5, 5.41) is 2.95. The van der Waals surface area contributed by atoms with Gasteiger partial charge in [-0.05, 0) is 69.6 Å². The minimum Gasteiger partial charge on any atom is -0.494 e. The van der Waals surface area contributed by atoms with E-state index >= 15 is 0 Å². The number of hydrogen-bond donors (Lipinski definition) is 1. The third kappa shape index (κ3) is 6.87. The predicted molar refractivity (Wildman–Crippen MR) is 94.6 cm³/mol. The number of likely N-dealkylation sites (tertiary alicyclic amines) is 1. The Kier molecular flexibility index (Phi) is 7.67. The average molecular weight is 316 g/mol. The van der Waals surface area contributed by atoms with E-state index in [1.54, 1.807) is 6.08 Å². The van der Waals surface area contributed by atoms with Crippen LogP contribution in [0.25, 0.3) is 6.08 Å².